The van der Waals surface area contributed by atoms with Gasteiger partial charge in [-0.2, -0.15) is 0 Å². The molecule has 3 rings (SSSR count). The number of nitrogens with one attached hydrogen (secondary N) is 1. The van der Waals surface area contributed by atoms with E-state index in [2.05, 4.69) is 5.32 Å². The van der Waals surface area contributed by atoms with E-state index in [0.717, 1.165) is 6.07 Å². The lowest BCUT2D eigenvalue weighted by molar-refractivity contribution is -0.384. The lowest BCUT2D eigenvalue weighted by Crippen LogP contribution is -2.23. The maximum absolute atomic E-state index is 13.9. The van der Waals surface area contributed by atoms with Crippen molar-refractivity contribution in [1.29, 1.82) is 0 Å². The van der Waals surface area contributed by atoms with Crippen molar-refractivity contribution in [3.63, 3.8) is 0 Å². The maximum Gasteiger partial charge on any atom is 0.289 e. The van der Waals surface area contributed by atoms with Gasteiger partial charge < -0.3 is 9.88 Å². The van der Waals surface area contributed by atoms with Crippen LogP contribution < -0.4 is 10.7 Å². The monoisotopic (exact) mass is 375 g/mol. The van der Waals surface area contributed by atoms with Crippen LogP contribution in [0.1, 0.15) is 10.4 Å². The molecule has 1 heterocycles. The Kier molecular flexibility index (Phi) is 4.43. The Morgan fingerprint density at radius 3 is 2.73 bits per heavy atom. The van der Waals surface area contributed by atoms with Gasteiger partial charge in [0.1, 0.15) is 16.4 Å². The van der Waals surface area contributed by atoms with Crippen LogP contribution in [0.15, 0.2) is 47.4 Å². The molecule has 0 unspecified atom stereocenters. The summed E-state index contributed by atoms with van der Waals surface area (Å²) in [5, 5.41) is 13.3. The molecule has 0 radical (unpaired) electrons. The summed E-state index contributed by atoms with van der Waals surface area (Å²) in [5.41, 5.74) is -1.05. The first kappa shape index (κ1) is 17.6. The van der Waals surface area contributed by atoms with E-state index in [1.807, 2.05) is 0 Å². The molecular formula is C17H11ClFN3O4. The number of para-hydroxylation sites is 1. The number of nitrogens with zero attached hydrogens (tertiary/aromatic N) is 2. The number of nitro benzene ring substituents is 1. The minimum atomic E-state index is -0.770. The second-order valence-electron chi connectivity index (χ2n) is 5.50. The number of amides is 1. The van der Waals surface area contributed by atoms with Gasteiger partial charge in [0, 0.05) is 30.4 Å². The number of fused-ring (bicyclic) bond motifs is 1. The predicted molar refractivity (Wildman–Crippen MR) is 95.2 cm³/mol. The number of halogens is 2. The molecule has 9 heteroatoms. The SMILES string of the molecule is Cn1cc(C(=O)Nc2ccc(Cl)c([N+](=O)[O-])c2)c(=O)c2cccc(F)c21. The largest absolute Gasteiger partial charge is 0.347 e. The van der Waals surface area contributed by atoms with E-state index in [-0.39, 0.29) is 32.9 Å². The number of pyridine rings is 1. The molecular weight excluding hydrogens is 365 g/mol. The van der Waals surface area contributed by atoms with Gasteiger partial charge in [0.2, 0.25) is 5.43 Å². The van der Waals surface area contributed by atoms with Crippen molar-refractivity contribution >= 4 is 39.8 Å². The number of rotatable bonds is 3. The Balaban J connectivity index is 2.04. The molecule has 0 saturated heterocycles. The van der Waals surface area contributed by atoms with Crippen LogP contribution in [0.4, 0.5) is 15.8 Å². The lowest BCUT2D eigenvalue weighted by atomic mass is 10.1. The van der Waals surface area contributed by atoms with Gasteiger partial charge in [-0.25, -0.2) is 4.39 Å². The molecule has 0 fully saturated rings. The van der Waals surface area contributed by atoms with Crippen LogP contribution >= 0.6 is 11.6 Å². The normalized spacial score (nSPS) is 10.7. The van der Waals surface area contributed by atoms with E-state index in [0.29, 0.717) is 0 Å². The summed E-state index contributed by atoms with van der Waals surface area (Å²) >= 11 is 5.73. The molecule has 0 aliphatic heterocycles. The second-order valence-corrected chi connectivity index (χ2v) is 5.90. The molecule has 0 bridgehead atoms. The zero-order chi connectivity index (χ0) is 19.0. The van der Waals surface area contributed by atoms with Crippen LogP contribution in [0.25, 0.3) is 10.9 Å². The minimum Gasteiger partial charge on any atom is -0.347 e. The summed E-state index contributed by atoms with van der Waals surface area (Å²) < 4.78 is 15.3. The topological polar surface area (TPSA) is 94.2 Å². The molecule has 1 amide bonds. The average molecular weight is 376 g/mol. The van der Waals surface area contributed by atoms with E-state index >= 15 is 0 Å². The van der Waals surface area contributed by atoms with Gasteiger partial charge in [-0.05, 0) is 24.3 Å². The fraction of sp³-hybridized carbons (Fsp3) is 0.0588. The van der Waals surface area contributed by atoms with Crippen molar-refractivity contribution in [2.24, 2.45) is 7.05 Å². The number of aromatic nitrogens is 1. The Morgan fingerprint density at radius 2 is 2.04 bits per heavy atom. The van der Waals surface area contributed by atoms with Gasteiger partial charge in [0.15, 0.2) is 0 Å². The molecule has 3 aromatic rings. The van der Waals surface area contributed by atoms with Crippen molar-refractivity contribution < 1.29 is 14.1 Å². The molecule has 1 N–H and O–H groups in total. The highest BCUT2D eigenvalue weighted by Crippen LogP contribution is 2.27. The van der Waals surface area contributed by atoms with Gasteiger partial charge in [-0.3, -0.25) is 19.7 Å². The second kappa shape index (κ2) is 6.57. The van der Waals surface area contributed by atoms with Crippen LogP contribution in [0, 0.1) is 15.9 Å². The predicted octanol–water partition coefficient (Wildman–Crippen LogP) is 3.49. The van der Waals surface area contributed by atoms with Gasteiger partial charge in [0.25, 0.3) is 11.6 Å². The number of nitro groups is 1. The first-order chi connectivity index (χ1) is 12.3. The summed E-state index contributed by atoms with van der Waals surface area (Å²) in [6.07, 6.45) is 1.22. The summed E-state index contributed by atoms with van der Waals surface area (Å²) in [6, 6.07) is 7.75. The Morgan fingerprint density at radius 1 is 1.31 bits per heavy atom. The van der Waals surface area contributed by atoms with Crippen LogP contribution in [0.5, 0.6) is 0 Å². The van der Waals surface area contributed by atoms with Crippen molar-refractivity contribution in [3.05, 3.63) is 79.3 Å². The number of carbonyl (C=O) groups excluding carboxylic acids is 1. The third-order valence-electron chi connectivity index (χ3n) is 3.80. The Labute approximate surface area is 150 Å². The summed E-state index contributed by atoms with van der Waals surface area (Å²) in [4.78, 5) is 35.2. The molecule has 0 spiro atoms. The van der Waals surface area contributed by atoms with Crippen molar-refractivity contribution in [2.75, 3.05) is 5.32 Å². The molecule has 26 heavy (non-hydrogen) atoms. The highest BCUT2D eigenvalue weighted by molar-refractivity contribution is 6.32. The molecule has 0 atom stereocenters. The fourth-order valence-corrected chi connectivity index (χ4v) is 2.80. The minimum absolute atomic E-state index is 0.0576. The molecule has 132 valence electrons. The number of hydrogen-bond acceptors (Lipinski definition) is 4. The number of carbonyl (C=O) groups is 1. The number of hydrogen-bond donors (Lipinski definition) is 1. The standard InChI is InChI=1S/C17H11ClFN3O4/c1-21-8-11(16(23)10-3-2-4-13(19)15(10)21)17(24)20-9-5-6-12(18)14(7-9)22(25)26/h2-8H,1H3,(H,20,24). The van der Waals surface area contributed by atoms with E-state index in [9.17, 15) is 24.1 Å². The smallest absolute Gasteiger partial charge is 0.289 e. The first-order valence-electron chi connectivity index (χ1n) is 7.32. The van der Waals surface area contributed by atoms with Gasteiger partial charge >= 0.3 is 0 Å². The Hall–Kier alpha value is -3.26. The zero-order valence-corrected chi connectivity index (χ0v) is 14.1. The van der Waals surface area contributed by atoms with Crippen LogP contribution in [-0.2, 0) is 7.05 Å². The van der Waals surface area contributed by atoms with E-state index in [1.54, 1.807) is 0 Å². The third kappa shape index (κ3) is 3.02. The summed E-state index contributed by atoms with van der Waals surface area (Å²) in [6.45, 7) is 0. The molecule has 7 nitrogen and oxygen atoms in total. The van der Waals surface area contributed by atoms with Crippen molar-refractivity contribution in [2.45, 2.75) is 0 Å². The quantitative estimate of drug-likeness (QED) is 0.560. The van der Waals surface area contributed by atoms with Crippen LogP contribution in [0.2, 0.25) is 5.02 Å². The van der Waals surface area contributed by atoms with Gasteiger partial charge in [0.05, 0.1) is 10.4 Å². The average Bonchev–Trinajstić information content (AvgIpc) is 2.59. The van der Waals surface area contributed by atoms with Gasteiger partial charge in [-0.1, -0.05) is 17.7 Å². The fourth-order valence-electron chi connectivity index (χ4n) is 2.61. The van der Waals surface area contributed by atoms with E-state index < -0.39 is 22.1 Å². The summed E-state index contributed by atoms with van der Waals surface area (Å²) in [5.74, 6) is -1.35. The van der Waals surface area contributed by atoms with E-state index in [4.69, 9.17) is 11.6 Å². The first-order valence-corrected chi connectivity index (χ1v) is 7.70. The molecule has 0 aliphatic carbocycles. The maximum atomic E-state index is 13.9. The van der Waals surface area contributed by atoms with Crippen molar-refractivity contribution in [3.8, 4) is 0 Å². The van der Waals surface area contributed by atoms with E-state index in [1.165, 1.54) is 48.1 Å². The number of anilines is 1. The Bertz CT molecular complexity index is 1130. The zero-order valence-electron chi connectivity index (χ0n) is 13.3. The molecule has 0 saturated carbocycles. The highest BCUT2D eigenvalue weighted by Gasteiger charge is 2.18. The lowest BCUT2D eigenvalue weighted by Gasteiger charge is -2.10. The van der Waals surface area contributed by atoms with Crippen LogP contribution in [-0.4, -0.2) is 15.4 Å². The van der Waals surface area contributed by atoms with Crippen LogP contribution in [0.3, 0.4) is 0 Å². The molecule has 2 aromatic carbocycles. The summed E-state index contributed by atoms with van der Waals surface area (Å²) in [7, 11) is 1.51. The van der Waals surface area contributed by atoms with Crippen molar-refractivity contribution in [1.82, 2.24) is 4.57 Å². The van der Waals surface area contributed by atoms with Gasteiger partial charge in [-0.15, -0.1) is 0 Å². The molecule has 0 aliphatic rings. The third-order valence-corrected chi connectivity index (χ3v) is 4.12. The number of benzene rings is 2. The molecule has 1 aromatic heterocycles. The highest BCUT2D eigenvalue weighted by atomic mass is 35.5. The number of aryl methyl sites for hydroxylation is 1.